The molecule has 2 aromatic heterocycles. The van der Waals surface area contributed by atoms with E-state index in [2.05, 4.69) is 63.1 Å². The van der Waals surface area contributed by atoms with Crippen LogP contribution in [0.15, 0.2) is 42.7 Å². The third-order valence-electron chi connectivity index (χ3n) is 8.09. The summed E-state index contributed by atoms with van der Waals surface area (Å²) in [6.07, 6.45) is 7.86. The Bertz CT molecular complexity index is 1260. The van der Waals surface area contributed by atoms with Gasteiger partial charge in [-0.1, -0.05) is 24.3 Å². The van der Waals surface area contributed by atoms with Crippen molar-refractivity contribution in [3.63, 3.8) is 0 Å². The van der Waals surface area contributed by atoms with E-state index >= 15 is 0 Å². The van der Waals surface area contributed by atoms with Gasteiger partial charge in [0.15, 0.2) is 0 Å². The van der Waals surface area contributed by atoms with Gasteiger partial charge in [-0.05, 0) is 68.2 Å². The van der Waals surface area contributed by atoms with Crippen molar-refractivity contribution in [3.8, 4) is 5.88 Å². The second-order valence-corrected chi connectivity index (χ2v) is 10.3. The lowest BCUT2D eigenvalue weighted by molar-refractivity contribution is 0.134. The molecule has 2 fully saturated rings. The number of aromatic amines is 1. The summed E-state index contributed by atoms with van der Waals surface area (Å²) < 4.78 is 5.55. The smallest absolute Gasteiger partial charge is 0.325 e. The molecule has 3 aliphatic rings. The zero-order valence-corrected chi connectivity index (χ0v) is 21.3. The van der Waals surface area contributed by atoms with Crippen LogP contribution in [0.4, 0.5) is 16.2 Å². The second kappa shape index (κ2) is 9.15. The number of nitrogens with zero attached hydrogens (tertiary/aromatic N) is 5. The highest BCUT2D eigenvalue weighted by atomic mass is 16.5. The third-order valence-corrected chi connectivity index (χ3v) is 8.09. The number of nitrogens with one attached hydrogen (secondary N) is 1. The van der Waals surface area contributed by atoms with Gasteiger partial charge in [0.25, 0.3) is 0 Å². The van der Waals surface area contributed by atoms with Crippen molar-refractivity contribution < 1.29 is 9.53 Å². The van der Waals surface area contributed by atoms with Crippen LogP contribution in [-0.4, -0.2) is 52.4 Å². The molecule has 36 heavy (non-hydrogen) atoms. The summed E-state index contributed by atoms with van der Waals surface area (Å²) in [7, 11) is 1.67. The largest absolute Gasteiger partial charge is 0.480 e. The number of aromatic nitrogens is 3. The van der Waals surface area contributed by atoms with Crippen LogP contribution >= 0.6 is 0 Å². The summed E-state index contributed by atoms with van der Waals surface area (Å²) in [6.45, 7) is 6.49. The lowest BCUT2D eigenvalue weighted by Gasteiger charge is -2.46. The van der Waals surface area contributed by atoms with E-state index in [4.69, 9.17) is 4.74 Å². The molecule has 1 saturated heterocycles. The zero-order chi connectivity index (χ0) is 24.8. The normalized spacial score (nSPS) is 20.6. The summed E-state index contributed by atoms with van der Waals surface area (Å²) in [6, 6.07) is 10.8. The minimum atomic E-state index is -0.0452. The molecule has 0 radical (unpaired) electrons. The Morgan fingerprint density at radius 1 is 1.11 bits per heavy atom. The highest BCUT2D eigenvalue weighted by Crippen LogP contribution is 2.44. The molecule has 3 aromatic rings. The fourth-order valence-electron chi connectivity index (χ4n) is 6.05. The number of amides is 2. The zero-order valence-electron chi connectivity index (χ0n) is 21.3. The number of fused-ring (bicyclic) bond motifs is 1. The highest BCUT2D eigenvalue weighted by Gasteiger charge is 2.42. The van der Waals surface area contributed by atoms with Crippen LogP contribution < -0.4 is 14.5 Å². The standard InChI is InChI=1S/C28H34N6O2/c1-18-10-13-29-27(36-3)26(18)32-14-11-22(12-15-32)34-19(2)25-24(16-30-31-25)33(28(34)35)17-21-6-4-5-7-23(21)20-8-9-20/h4-7,10,13,16,19-20,22H,8-9,11-12,14-15,17H2,1-3H3,(H,30,31). The lowest BCUT2D eigenvalue weighted by atomic mass is 9.97. The molecule has 1 aromatic carbocycles. The number of carbonyl (C=O) groups excluding carboxylic acids is 1. The molecule has 188 valence electrons. The van der Waals surface area contributed by atoms with Crippen molar-refractivity contribution >= 4 is 17.4 Å². The van der Waals surface area contributed by atoms with E-state index in [0.717, 1.165) is 48.6 Å². The number of H-pyrrole nitrogens is 1. The van der Waals surface area contributed by atoms with Gasteiger partial charge in [0.1, 0.15) is 5.69 Å². The quantitative estimate of drug-likeness (QED) is 0.520. The molecule has 6 rings (SSSR count). The van der Waals surface area contributed by atoms with Crippen LogP contribution in [0.25, 0.3) is 0 Å². The Morgan fingerprint density at radius 2 is 1.89 bits per heavy atom. The van der Waals surface area contributed by atoms with Crippen molar-refractivity contribution in [1.29, 1.82) is 0 Å². The van der Waals surface area contributed by atoms with E-state index in [1.54, 1.807) is 19.5 Å². The van der Waals surface area contributed by atoms with Crippen molar-refractivity contribution in [2.75, 3.05) is 30.0 Å². The molecule has 1 saturated carbocycles. The van der Waals surface area contributed by atoms with E-state index in [-0.39, 0.29) is 18.1 Å². The molecule has 4 heterocycles. The van der Waals surface area contributed by atoms with Crippen LogP contribution in [-0.2, 0) is 6.54 Å². The maximum Gasteiger partial charge on any atom is 0.325 e. The first-order chi connectivity index (χ1) is 17.6. The molecule has 2 aliphatic heterocycles. The predicted molar refractivity (Wildman–Crippen MR) is 140 cm³/mol. The van der Waals surface area contributed by atoms with Gasteiger partial charge in [-0.25, -0.2) is 9.78 Å². The minimum Gasteiger partial charge on any atom is -0.480 e. The van der Waals surface area contributed by atoms with Gasteiger partial charge in [0.05, 0.1) is 37.3 Å². The molecular formula is C28H34N6O2. The number of urea groups is 1. The van der Waals surface area contributed by atoms with Crippen LogP contribution in [0.5, 0.6) is 5.88 Å². The molecule has 2 amide bonds. The maximum atomic E-state index is 14.1. The Hall–Kier alpha value is -3.55. The number of piperidine rings is 1. The number of hydrogen-bond acceptors (Lipinski definition) is 5. The summed E-state index contributed by atoms with van der Waals surface area (Å²) >= 11 is 0. The highest BCUT2D eigenvalue weighted by molar-refractivity contribution is 5.95. The Kier molecular flexibility index (Phi) is 5.82. The van der Waals surface area contributed by atoms with Gasteiger partial charge in [0.2, 0.25) is 5.88 Å². The first-order valence-electron chi connectivity index (χ1n) is 13.0. The molecule has 1 unspecified atom stereocenters. The number of benzene rings is 1. The number of rotatable bonds is 6. The Labute approximate surface area is 212 Å². The van der Waals surface area contributed by atoms with Gasteiger partial charge >= 0.3 is 6.03 Å². The van der Waals surface area contributed by atoms with Crippen LogP contribution in [0.1, 0.15) is 67.0 Å². The molecule has 1 N–H and O–H groups in total. The van der Waals surface area contributed by atoms with E-state index in [1.165, 1.54) is 24.0 Å². The first-order valence-corrected chi connectivity index (χ1v) is 13.0. The van der Waals surface area contributed by atoms with Gasteiger partial charge in [-0.3, -0.25) is 10.00 Å². The average Bonchev–Trinajstić information content (AvgIpc) is 3.63. The van der Waals surface area contributed by atoms with Gasteiger partial charge in [-0.15, -0.1) is 0 Å². The van der Waals surface area contributed by atoms with Crippen LogP contribution in [0.2, 0.25) is 0 Å². The summed E-state index contributed by atoms with van der Waals surface area (Å²) in [4.78, 5) is 24.9. The monoisotopic (exact) mass is 486 g/mol. The number of carbonyl (C=O) groups is 1. The number of pyridine rings is 1. The van der Waals surface area contributed by atoms with Crippen LogP contribution in [0, 0.1) is 6.92 Å². The second-order valence-electron chi connectivity index (χ2n) is 10.3. The number of methoxy groups -OCH3 is 1. The van der Waals surface area contributed by atoms with Crippen molar-refractivity contribution in [2.45, 2.75) is 64.1 Å². The molecule has 0 spiro atoms. The molecule has 1 aliphatic carbocycles. The van der Waals surface area contributed by atoms with E-state index in [1.807, 2.05) is 11.0 Å². The molecular weight excluding hydrogens is 452 g/mol. The Balaban J connectivity index is 1.25. The number of aryl methyl sites for hydroxylation is 1. The van der Waals surface area contributed by atoms with Gasteiger partial charge < -0.3 is 14.5 Å². The summed E-state index contributed by atoms with van der Waals surface area (Å²) in [5, 5.41) is 7.53. The molecule has 0 bridgehead atoms. The lowest BCUT2D eigenvalue weighted by Crippen LogP contribution is -2.55. The first kappa shape index (κ1) is 22.9. The SMILES string of the molecule is COc1nccc(C)c1N1CCC(N2C(=O)N(Cc3ccccc3C3CC3)c3cn[nH]c3C2C)CC1. The number of hydrogen-bond donors (Lipinski definition) is 1. The average molecular weight is 487 g/mol. The molecule has 8 heteroatoms. The van der Waals surface area contributed by atoms with Crippen molar-refractivity contribution in [3.05, 3.63) is 65.1 Å². The maximum absolute atomic E-state index is 14.1. The fourth-order valence-corrected chi connectivity index (χ4v) is 6.05. The topological polar surface area (TPSA) is 77.6 Å². The molecule has 1 atom stereocenters. The van der Waals surface area contributed by atoms with Crippen molar-refractivity contribution in [2.24, 2.45) is 0 Å². The predicted octanol–water partition coefficient (Wildman–Crippen LogP) is 5.17. The minimum absolute atomic E-state index is 0.0452. The summed E-state index contributed by atoms with van der Waals surface area (Å²) in [5.74, 6) is 1.30. The molecule has 8 nitrogen and oxygen atoms in total. The van der Waals surface area contributed by atoms with Crippen LogP contribution in [0.3, 0.4) is 0 Å². The van der Waals surface area contributed by atoms with Gasteiger partial charge in [-0.2, -0.15) is 5.10 Å². The number of ether oxygens (including phenoxy) is 1. The van der Waals surface area contributed by atoms with E-state index in [0.29, 0.717) is 18.3 Å². The van der Waals surface area contributed by atoms with Crippen molar-refractivity contribution in [1.82, 2.24) is 20.1 Å². The third kappa shape index (κ3) is 3.88. The van der Waals surface area contributed by atoms with E-state index in [9.17, 15) is 4.79 Å². The Morgan fingerprint density at radius 3 is 2.64 bits per heavy atom. The fraction of sp³-hybridized carbons (Fsp3) is 0.464. The van der Waals surface area contributed by atoms with E-state index < -0.39 is 0 Å². The number of anilines is 2. The van der Waals surface area contributed by atoms with Gasteiger partial charge in [0, 0.05) is 25.3 Å². The summed E-state index contributed by atoms with van der Waals surface area (Å²) in [5.41, 5.74) is 6.77.